The summed E-state index contributed by atoms with van der Waals surface area (Å²) in [7, 11) is 0. The van der Waals surface area contributed by atoms with Crippen LogP contribution in [0.2, 0.25) is 0 Å². The van der Waals surface area contributed by atoms with Crippen LogP contribution in [0.5, 0.6) is 0 Å². The topological polar surface area (TPSA) is 273 Å². The summed E-state index contributed by atoms with van der Waals surface area (Å²) in [5.74, 6) is -0.242. The summed E-state index contributed by atoms with van der Waals surface area (Å²) in [5, 5.41) is 4.92. The van der Waals surface area contributed by atoms with Crippen LogP contribution in [0.3, 0.4) is 0 Å². The van der Waals surface area contributed by atoms with E-state index in [2.05, 4.69) is 10.6 Å². The summed E-state index contributed by atoms with van der Waals surface area (Å²) in [6, 6.07) is 25.2. The number of carbonyl (C=O) groups excluding carboxylic acids is 7. The first-order valence-electron chi connectivity index (χ1n) is 28.5. The molecule has 4 aliphatic heterocycles. The van der Waals surface area contributed by atoms with Crippen LogP contribution in [0.15, 0.2) is 91.0 Å². The number of likely N-dealkylation sites (tertiary alicyclic amines) is 4. The number of hydrogen-bond donors (Lipinski definition) is 4. The van der Waals surface area contributed by atoms with Crippen molar-refractivity contribution >= 4 is 42.5 Å². The lowest BCUT2D eigenvalue weighted by atomic mass is 10.2. The number of amides is 6. The van der Waals surface area contributed by atoms with E-state index in [1.54, 1.807) is 83.1 Å². The van der Waals surface area contributed by atoms with E-state index in [1.807, 2.05) is 91.0 Å². The maximum Gasteiger partial charge on any atom is 0.410 e. The van der Waals surface area contributed by atoms with Crippen LogP contribution in [-0.2, 0) is 57.8 Å². The summed E-state index contributed by atoms with van der Waals surface area (Å²) >= 11 is 0. The number of halogens is 4. The van der Waals surface area contributed by atoms with Gasteiger partial charge in [0.25, 0.3) is 0 Å². The van der Waals surface area contributed by atoms with E-state index in [0.717, 1.165) is 16.7 Å². The molecule has 4 unspecified atom stereocenters. The number of carbonyl (C=O) groups is 7. The van der Waals surface area contributed by atoms with Gasteiger partial charge in [-0.05, 0) is 99.8 Å². The second-order valence-electron chi connectivity index (χ2n) is 24.8. The number of alkyl carbamates (subject to hydrolysis) is 2. The van der Waals surface area contributed by atoms with Crippen LogP contribution in [0.1, 0.15) is 107 Å². The maximum atomic E-state index is 14.0. The SMILES string of the molecule is CC(=O)OCc1ccccc1.CC(C)(C)OC(=O)N1CC(F)C(NC(=O)OCc2ccccc2)C1.CC(C)(C)OC(=O)N1CC(N)C(F)C1.CC(C)(C)OC(=O)N1C[C@@H](N)[C@@H](F)C1.CC(C)(C)OC(=O)N1C[C@H](F)[C@H](NC(=O)OCc2ccccc2)C1. The number of esters is 1. The molecule has 7 rings (SSSR count). The number of alkyl halides is 4. The summed E-state index contributed by atoms with van der Waals surface area (Å²) < 4.78 is 89.5. The highest BCUT2D eigenvalue weighted by molar-refractivity contribution is 5.72. The molecule has 26 heteroatoms. The number of nitrogens with two attached hydrogens (primary N) is 2. The maximum absolute atomic E-state index is 14.0. The van der Waals surface area contributed by atoms with E-state index in [1.165, 1.54) is 26.5 Å². The quantitative estimate of drug-likeness (QED) is 0.0929. The predicted octanol–water partition coefficient (Wildman–Crippen LogP) is 9.30. The van der Waals surface area contributed by atoms with Gasteiger partial charge < -0.3 is 74.9 Å². The third kappa shape index (κ3) is 30.0. The van der Waals surface area contributed by atoms with Crippen molar-refractivity contribution in [3.8, 4) is 0 Å². The standard InChI is InChI=1S/2C17H23FN2O4.2C9H17FN2O2.C9H10O2/c2*1-17(2,3)24-16(22)20-9-13(18)14(10-20)19-15(21)23-11-12-7-5-4-6-8-12;2*1-9(2,3)14-8(13)12-4-6(10)7(11)5-12;1-8(10)11-7-9-5-3-2-4-6-9/h2*4-8,13-14H,9-11H2,1-3H3,(H,19,21);2*6-7H,4-5,11H2,1-3H3;2-6H,7H2,1H3/t13-,14+;;6-,7+;;/m0.0../s1. The predicted molar refractivity (Wildman–Crippen MR) is 316 cm³/mol. The molecule has 4 fully saturated rings. The molecule has 3 aromatic carbocycles. The van der Waals surface area contributed by atoms with Crippen LogP contribution in [0.4, 0.5) is 46.3 Å². The third-order valence-corrected chi connectivity index (χ3v) is 12.0. The monoisotopic (exact) mass is 1230 g/mol. The Kier molecular flexibility index (Phi) is 28.8. The highest BCUT2D eigenvalue weighted by Crippen LogP contribution is 2.22. The van der Waals surface area contributed by atoms with E-state index >= 15 is 0 Å². The molecule has 3 aromatic rings. The number of nitrogens with zero attached hydrogens (tertiary/aromatic N) is 4. The zero-order chi connectivity index (χ0) is 65.5. The molecule has 0 spiro atoms. The molecule has 0 aliphatic carbocycles. The molecule has 486 valence electrons. The van der Waals surface area contributed by atoms with Gasteiger partial charge in [0.1, 0.15) is 66.9 Å². The molecule has 4 saturated heterocycles. The van der Waals surface area contributed by atoms with Gasteiger partial charge in [-0.25, -0.2) is 46.3 Å². The largest absolute Gasteiger partial charge is 0.461 e. The van der Waals surface area contributed by atoms with E-state index in [0.29, 0.717) is 6.61 Å². The van der Waals surface area contributed by atoms with Crippen molar-refractivity contribution in [3.63, 3.8) is 0 Å². The first-order valence-corrected chi connectivity index (χ1v) is 28.5. The molecule has 8 atom stereocenters. The Hall–Kier alpha value is -7.61. The number of benzene rings is 3. The van der Waals surface area contributed by atoms with Gasteiger partial charge in [0, 0.05) is 33.1 Å². The first-order chi connectivity index (χ1) is 40.4. The Bertz CT molecular complexity index is 2460. The lowest BCUT2D eigenvalue weighted by Gasteiger charge is -2.24. The van der Waals surface area contributed by atoms with Gasteiger partial charge in [-0.3, -0.25) is 4.79 Å². The van der Waals surface area contributed by atoms with Crippen LogP contribution in [0, 0.1) is 0 Å². The van der Waals surface area contributed by atoms with Crippen LogP contribution in [-0.4, -0.2) is 186 Å². The van der Waals surface area contributed by atoms with Gasteiger partial charge in [-0.2, -0.15) is 0 Å². The molecule has 4 heterocycles. The average Bonchev–Trinajstić information content (AvgIpc) is 2.36. The van der Waals surface area contributed by atoms with Crippen molar-refractivity contribution in [2.45, 2.75) is 181 Å². The Morgan fingerprint density at radius 2 is 0.644 bits per heavy atom. The molecular formula is C61H90F4N8O14. The summed E-state index contributed by atoms with van der Waals surface area (Å²) in [5.41, 5.74) is 11.2. The van der Waals surface area contributed by atoms with E-state index in [9.17, 15) is 51.1 Å². The molecule has 6 N–H and O–H groups in total. The Morgan fingerprint density at radius 3 is 0.874 bits per heavy atom. The molecule has 0 radical (unpaired) electrons. The van der Waals surface area contributed by atoms with Crippen molar-refractivity contribution in [3.05, 3.63) is 108 Å². The minimum Gasteiger partial charge on any atom is -0.461 e. The van der Waals surface area contributed by atoms with E-state index in [-0.39, 0.29) is 71.5 Å². The summed E-state index contributed by atoms with van der Waals surface area (Å²) in [4.78, 5) is 85.8. The molecule has 0 bridgehead atoms. The van der Waals surface area contributed by atoms with Gasteiger partial charge in [0.05, 0.1) is 50.3 Å². The van der Waals surface area contributed by atoms with Crippen molar-refractivity contribution in [1.29, 1.82) is 0 Å². The Labute approximate surface area is 508 Å². The van der Waals surface area contributed by atoms with Gasteiger partial charge in [-0.1, -0.05) is 91.0 Å². The van der Waals surface area contributed by atoms with Gasteiger partial charge in [0.15, 0.2) is 0 Å². The molecule has 4 aliphatic rings. The lowest BCUT2D eigenvalue weighted by Crippen LogP contribution is -2.42. The fourth-order valence-electron chi connectivity index (χ4n) is 7.87. The fraction of sp³-hybridized carbons (Fsp3) is 0.590. The van der Waals surface area contributed by atoms with Gasteiger partial charge >= 0.3 is 42.5 Å². The zero-order valence-corrected chi connectivity index (χ0v) is 52.2. The molecule has 0 saturated carbocycles. The minimum atomic E-state index is -1.36. The molecular weight excluding hydrogens is 1140 g/mol. The molecule has 0 aromatic heterocycles. The average molecular weight is 1240 g/mol. The Morgan fingerprint density at radius 1 is 0.402 bits per heavy atom. The summed E-state index contributed by atoms with van der Waals surface area (Å²) in [6.45, 7) is 23.5. The van der Waals surface area contributed by atoms with Crippen molar-refractivity contribution in [1.82, 2.24) is 30.2 Å². The fourth-order valence-corrected chi connectivity index (χ4v) is 7.87. The normalized spacial score (nSPS) is 21.5. The van der Waals surface area contributed by atoms with Crippen LogP contribution < -0.4 is 22.1 Å². The van der Waals surface area contributed by atoms with E-state index < -0.39 is 108 Å². The molecule has 87 heavy (non-hydrogen) atoms. The second kappa shape index (κ2) is 34.1. The van der Waals surface area contributed by atoms with Crippen LogP contribution in [0.25, 0.3) is 0 Å². The smallest absolute Gasteiger partial charge is 0.410 e. The Balaban J connectivity index is 0.000000294. The van der Waals surface area contributed by atoms with Gasteiger partial charge in [-0.15, -0.1) is 0 Å². The molecule has 6 amide bonds. The van der Waals surface area contributed by atoms with Gasteiger partial charge in [0.2, 0.25) is 0 Å². The highest BCUT2D eigenvalue weighted by Gasteiger charge is 2.41. The number of rotatable bonds is 8. The number of ether oxygens (including phenoxy) is 7. The van der Waals surface area contributed by atoms with Crippen molar-refractivity contribution in [2.24, 2.45) is 11.5 Å². The molecule has 22 nitrogen and oxygen atoms in total. The summed E-state index contributed by atoms with van der Waals surface area (Å²) in [6.07, 6.45) is -8.58. The van der Waals surface area contributed by atoms with E-state index in [4.69, 9.17) is 44.6 Å². The zero-order valence-electron chi connectivity index (χ0n) is 52.2. The van der Waals surface area contributed by atoms with Crippen molar-refractivity contribution < 1.29 is 84.3 Å². The third-order valence-electron chi connectivity index (χ3n) is 12.0. The second-order valence-corrected chi connectivity index (χ2v) is 24.8. The highest BCUT2D eigenvalue weighted by atomic mass is 19.1. The van der Waals surface area contributed by atoms with Crippen LogP contribution >= 0.6 is 0 Å². The number of nitrogens with one attached hydrogen (secondary N) is 2. The van der Waals surface area contributed by atoms with Crippen molar-refractivity contribution in [2.75, 3.05) is 52.4 Å². The number of hydrogen-bond acceptors (Lipinski definition) is 16. The first kappa shape index (κ1) is 73.6. The minimum absolute atomic E-state index is 0.0378. The lowest BCUT2D eigenvalue weighted by molar-refractivity contribution is -0.142.